The molecule has 0 spiro atoms. The molecule has 0 bridgehead atoms. The summed E-state index contributed by atoms with van der Waals surface area (Å²) >= 11 is 0. The number of carbonyl (C=O) groups is 2. The molecule has 1 aliphatic heterocycles. The van der Waals surface area contributed by atoms with Crippen molar-refractivity contribution < 1.29 is 22.6 Å². The summed E-state index contributed by atoms with van der Waals surface area (Å²) in [5, 5.41) is 10.2. The normalized spacial score (nSPS) is 12.9. The molecule has 1 aliphatic rings. The smallest absolute Gasteiger partial charge is 0.328 e. The molecule has 10 nitrogen and oxygen atoms in total. The Hall–Kier alpha value is -6.20. The number of benzene rings is 5. The summed E-state index contributed by atoms with van der Waals surface area (Å²) in [6.45, 7) is 8.52. The van der Waals surface area contributed by atoms with E-state index in [9.17, 15) is 18.0 Å². The zero-order valence-electron chi connectivity index (χ0n) is 29.0. The van der Waals surface area contributed by atoms with Crippen LogP contribution in [0, 0.1) is 6.92 Å². The van der Waals surface area contributed by atoms with Crippen molar-refractivity contribution in [1.29, 1.82) is 0 Å². The number of aromatic nitrogens is 1. The Morgan fingerprint density at radius 2 is 1.40 bits per heavy atom. The van der Waals surface area contributed by atoms with Gasteiger partial charge in [-0.3, -0.25) is 9.59 Å². The summed E-state index contributed by atoms with van der Waals surface area (Å²) in [5.41, 5.74) is 5.32. The van der Waals surface area contributed by atoms with Crippen molar-refractivity contribution in [3.05, 3.63) is 150 Å². The van der Waals surface area contributed by atoms with Gasteiger partial charge in [0.2, 0.25) is 0 Å². The van der Waals surface area contributed by atoms with Crippen LogP contribution in [0.1, 0.15) is 45.7 Å². The van der Waals surface area contributed by atoms with Crippen molar-refractivity contribution >= 4 is 61.2 Å². The van der Waals surface area contributed by atoms with Crippen LogP contribution in [-0.2, 0) is 16.6 Å². The Labute approximate surface area is 302 Å². The minimum Gasteiger partial charge on any atom is -0.372 e. The van der Waals surface area contributed by atoms with Crippen molar-refractivity contribution in [2.45, 2.75) is 32.2 Å². The van der Waals surface area contributed by atoms with Crippen LogP contribution >= 0.6 is 0 Å². The quantitative estimate of drug-likeness (QED) is 0.0825. The zero-order valence-corrected chi connectivity index (χ0v) is 29.8. The van der Waals surface area contributed by atoms with E-state index in [1.54, 1.807) is 42.6 Å². The Balaban J connectivity index is 1.14. The highest BCUT2D eigenvalue weighted by Gasteiger charge is 2.35. The van der Waals surface area contributed by atoms with Crippen molar-refractivity contribution in [3.63, 3.8) is 0 Å². The van der Waals surface area contributed by atoms with Crippen LogP contribution in [0.4, 0.5) is 28.6 Å². The van der Waals surface area contributed by atoms with Crippen LogP contribution in [0.15, 0.2) is 143 Å². The van der Waals surface area contributed by atoms with Gasteiger partial charge in [-0.05, 0) is 98.6 Å². The molecule has 52 heavy (non-hydrogen) atoms. The molecular formula is C41H37N6O4S+. The maximum atomic E-state index is 13.9. The molecule has 0 aliphatic carbocycles. The number of azo groups is 1. The molecule has 0 saturated heterocycles. The number of anilines is 3. The molecule has 1 aromatic heterocycles. The molecule has 7 rings (SSSR count). The van der Waals surface area contributed by atoms with Crippen molar-refractivity contribution in [2.75, 3.05) is 27.6 Å². The van der Waals surface area contributed by atoms with E-state index in [1.165, 1.54) is 24.3 Å². The molecule has 0 unspecified atom stereocenters. The Kier molecular flexibility index (Phi) is 9.35. The van der Waals surface area contributed by atoms with E-state index < -0.39 is 21.8 Å². The minimum atomic E-state index is -4.01. The van der Waals surface area contributed by atoms with Crippen LogP contribution in [0.5, 0.6) is 0 Å². The van der Waals surface area contributed by atoms with Gasteiger partial charge in [0.25, 0.3) is 17.6 Å². The lowest BCUT2D eigenvalue weighted by Crippen LogP contribution is -2.40. The topological polar surface area (TPSA) is 115 Å². The standard InChI is InChI=1S/C41H36N6O4S/c1-4-45(5-2)31-19-23-36(28(3)26-31)42-43-37-24-22-35-39-33(37)14-11-15-34(39)40(48)47(41(35)49)30-17-20-32(21-18-30)52(50,51)44-38-16-9-10-25-46(38)27-29-12-7-6-8-13-29/h6-26H,4-5,27H2,1-3H3/p+1. The van der Waals surface area contributed by atoms with Gasteiger partial charge in [-0.25, -0.2) is 9.47 Å². The summed E-state index contributed by atoms with van der Waals surface area (Å²) < 4.78 is 31.5. The lowest BCUT2D eigenvalue weighted by atomic mass is 9.93. The van der Waals surface area contributed by atoms with Crippen LogP contribution in [-0.4, -0.2) is 33.3 Å². The molecule has 5 aromatic carbocycles. The van der Waals surface area contributed by atoms with E-state index >= 15 is 0 Å². The fourth-order valence-electron chi connectivity index (χ4n) is 6.51. The average molecular weight is 710 g/mol. The summed E-state index contributed by atoms with van der Waals surface area (Å²) in [6.07, 6.45) is 1.80. The molecule has 11 heteroatoms. The van der Waals surface area contributed by atoms with Gasteiger partial charge in [0.1, 0.15) is 11.4 Å². The fraction of sp³-hybridized carbons (Fsp3) is 0.146. The molecule has 2 amide bonds. The molecule has 6 aromatic rings. The monoisotopic (exact) mass is 709 g/mol. The van der Waals surface area contributed by atoms with Gasteiger partial charge < -0.3 is 4.90 Å². The van der Waals surface area contributed by atoms with E-state index in [2.05, 4.69) is 39.8 Å². The number of amides is 2. The molecule has 0 atom stereocenters. The first-order valence-corrected chi connectivity index (χ1v) is 18.5. The van der Waals surface area contributed by atoms with E-state index in [1.807, 2.05) is 66.1 Å². The summed E-state index contributed by atoms with van der Waals surface area (Å²) in [6, 6.07) is 35.4. The van der Waals surface area contributed by atoms with Gasteiger partial charge in [0, 0.05) is 46.7 Å². The fourth-order valence-corrected chi connectivity index (χ4v) is 7.58. The number of carbonyl (C=O) groups excluding carboxylic acids is 2. The zero-order chi connectivity index (χ0) is 36.4. The van der Waals surface area contributed by atoms with E-state index in [4.69, 9.17) is 0 Å². The van der Waals surface area contributed by atoms with Gasteiger partial charge >= 0.3 is 10.0 Å². The molecule has 0 fully saturated rings. The second-order valence-electron chi connectivity index (χ2n) is 12.4. The first kappa shape index (κ1) is 34.3. The highest BCUT2D eigenvalue weighted by atomic mass is 32.2. The third-order valence-electron chi connectivity index (χ3n) is 9.24. The maximum absolute atomic E-state index is 13.9. The van der Waals surface area contributed by atoms with Gasteiger partial charge in [-0.1, -0.05) is 48.5 Å². The molecule has 0 radical (unpaired) electrons. The van der Waals surface area contributed by atoms with Crippen LogP contribution in [0.2, 0.25) is 0 Å². The highest BCUT2D eigenvalue weighted by molar-refractivity contribution is 7.92. The van der Waals surface area contributed by atoms with Gasteiger partial charge in [0.05, 0.1) is 23.3 Å². The van der Waals surface area contributed by atoms with E-state index in [0.29, 0.717) is 39.9 Å². The third kappa shape index (κ3) is 6.54. The third-order valence-corrected chi connectivity index (χ3v) is 10.6. The average Bonchev–Trinajstić information content (AvgIpc) is 3.15. The summed E-state index contributed by atoms with van der Waals surface area (Å²) in [4.78, 5) is 31.1. The SMILES string of the molecule is CCN(CC)c1ccc(N=Nc2ccc3c4c(cccc24)C(=O)N(c2ccc(S(=O)(=O)Nc4cccc[n+]4Cc4ccccc4)cc2)C3=O)c(C)c1. The molecular weight excluding hydrogens is 673 g/mol. The Bertz CT molecular complexity index is 2440. The predicted molar refractivity (Wildman–Crippen MR) is 203 cm³/mol. The molecule has 1 N–H and O–H groups in total. The van der Waals surface area contributed by atoms with E-state index in [-0.39, 0.29) is 10.6 Å². The van der Waals surface area contributed by atoms with Gasteiger partial charge in [0.15, 0.2) is 0 Å². The number of rotatable bonds is 11. The summed E-state index contributed by atoms with van der Waals surface area (Å²) in [5.74, 6) is -0.635. The van der Waals surface area contributed by atoms with Gasteiger partial charge in [-0.2, -0.15) is 18.3 Å². The van der Waals surface area contributed by atoms with Gasteiger partial charge in [-0.15, -0.1) is 5.11 Å². The van der Waals surface area contributed by atoms with Crippen molar-refractivity contribution in [3.8, 4) is 0 Å². The number of nitrogens with zero attached hydrogens (tertiary/aromatic N) is 5. The van der Waals surface area contributed by atoms with Crippen LogP contribution in [0.3, 0.4) is 0 Å². The maximum Gasteiger partial charge on any atom is 0.328 e. The number of aryl methyl sites for hydroxylation is 1. The number of imide groups is 1. The van der Waals surface area contributed by atoms with Crippen molar-refractivity contribution in [2.24, 2.45) is 10.2 Å². The molecule has 0 saturated carbocycles. The second kappa shape index (κ2) is 14.2. The number of nitrogens with one attached hydrogen (secondary N) is 1. The van der Waals surface area contributed by atoms with Crippen LogP contribution in [0.25, 0.3) is 10.8 Å². The number of pyridine rings is 1. The first-order chi connectivity index (χ1) is 25.2. The second-order valence-corrected chi connectivity index (χ2v) is 14.1. The molecule has 2 heterocycles. The molecule has 260 valence electrons. The number of hydrogen-bond donors (Lipinski definition) is 1. The Morgan fingerprint density at radius 3 is 2.12 bits per heavy atom. The highest BCUT2D eigenvalue weighted by Crippen LogP contribution is 2.38. The Morgan fingerprint density at radius 1 is 0.731 bits per heavy atom. The summed E-state index contributed by atoms with van der Waals surface area (Å²) in [7, 11) is -4.01. The largest absolute Gasteiger partial charge is 0.372 e. The number of hydrogen-bond acceptors (Lipinski definition) is 7. The van der Waals surface area contributed by atoms with Crippen LogP contribution < -0.4 is 19.1 Å². The predicted octanol–water partition coefficient (Wildman–Crippen LogP) is 8.35. The number of sulfonamides is 1. The minimum absolute atomic E-state index is 0.0151. The first-order valence-electron chi connectivity index (χ1n) is 17.1. The van der Waals surface area contributed by atoms with Crippen molar-refractivity contribution in [1.82, 2.24) is 0 Å². The van der Waals surface area contributed by atoms with E-state index in [0.717, 1.165) is 40.5 Å². The lowest BCUT2D eigenvalue weighted by molar-refractivity contribution is -0.673. The lowest BCUT2D eigenvalue weighted by Gasteiger charge is -2.27.